The minimum atomic E-state index is 0.336. The first-order chi connectivity index (χ1) is 5.83. The number of rotatable bonds is 4. The van der Waals surface area contributed by atoms with E-state index in [4.69, 9.17) is 5.11 Å². The van der Waals surface area contributed by atoms with Gasteiger partial charge in [0.15, 0.2) is 0 Å². The van der Waals surface area contributed by atoms with Crippen LogP contribution in [0.3, 0.4) is 0 Å². The van der Waals surface area contributed by atoms with Gasteiger partial charge < -0.3 is 5.11 Å². The first kappa shape index (κ1) is 8.85. The molecule has 0 fully saturated rings. The molecule has 0 aliphatic rings. The van der Waals surface area contributed by atoms with Gasteiger partial charge in [0.1, 0.15) is 5.75 Å². The number of aromatic hydroxyl groups is 1. The Hall–Kier alpha value is -1.24. The van der Waals surface area contributed by atoms with Crippen LogP contribution >= 0.6 is 0 Å². The van der Waals surface area contributed by atoms with Crippen molar-refractivity contribution in [2.75, 3.05) is 0 Å². The van der Waals surface area contributed by atoms with Gasteiger partial charge in [0.25, 0.3) is 0 Å². The normalized spacial score (nSPS) is 9.67. The summed E-state index contributed by atoms with van der Waals surface area (Å²) in [6.07, 6.45) is 5.18. The number of benzene rings is 1. The van der Waals surface area contributed by atoms with Gasteiger partial charge in [-0.25, -0.2) is 0 Å². The molecular formula is C11H14O. The van der Waals surface area contributed by atoms with Crippen molar-refractivity contribution >= 4 is 0 Å². The maximum atomic E-state index is 9.01. The number of hydrogen-bond donors (Lipinski definition) is 1. The zero-order chi connectivity index (χ0) is 8.81. The number of hydrogen-bond acceptors (Lipinski definition) is 1. The summed E-state index contributed by atoms with van der Waals surface area (Å²) in [7, 11) is 0. The van der Waals surface area contributed by atoms with E-state index in [9.17, 15) is 0 Å². The Labute approximate surface area is 73.4 Å². The van der Waals surface area contributed by atoms with Gasteiger partial charge in [0.05, 0.1) is 0 Å². The molecule has 1 N–H and O–H groups in total. The van der Waals surface area contributed by atoms with Crippen LogP contribution in [0.2, 0.25) is 0 Å². The smallest absolute Gasteiger partial charge is 0.115 e. The highest BCUT2D eigenvalue weighted by molar-refractivity contribution is 5.25. The van der Waals surface area contributed by atoms with Crippen LogP contribution in [0.15, 0.2) is 36.9 Å². The van der Waals surface area contributed by atoms with Gasteiger partial charge >= 0.3 is 0 Å². The SMILES string of the molecule is C=CCCCc1ccc(O)cc1. The van der Waals surface area contributed by atoms with Gasteiger partial charge in [0.2, 0.25) is 0 Å². The molecule has 0 amide bonds. The Morgan fingerprint density at radius 2 is 1.92 bits per heavy atom. The number of aryl methyl sites for hydroxylation is 1. The highest BCUT2D eigenvalue weighted by Gasteiger charge is 1.91. The fraction of sp³-hybridized carbons (Fsp3) is 0.273. The number of phenolic OH excluding ortho intramolecular Hbond substituents is 1. The van der Waals surface area contributed by atoms with Crippen molar-refractivity contribution in [1.29, 1.82) is 0 Å². The number of unbranched alkanes of at least 4 members (excludes halogenated alkanes) is 1. The van der Waals surface area contributed by atoms with E-state index in [-0.39, 0.29) is 0 Å². The van der Waals surface area contributed by atoms with Crippen molar-refractivity contribution in [2.24, 2.45) is 0 Å². The van der Waals surface area contributed by atoms with Crippen molar-refractivity contribution in [3.05, 3.63) is 42.5 Å². The minimum Gasteiger partial charge on any atom is -0.508 e. The lowest BCUT2D eigenvalue weighted by Gasteiger charge is -1.98. The van der Waals surface area contributed by atoms with Crippen LogP contribution in [0.1, 0.15) is 18.4 Å². The van der Waals surface area contributed by atoms with Gasteiger partial charge in [0, 0.05) is 0 Å². The molecular weight excluding hydrogens is 148 g/mol. The standard InChI is InChI=1S/C11H14O/c1-2-3-4-5-10-6-8-11(12)9-7-10/h2,6-9,12H,1,3-5H2. The third-order valence-electron chi connectivity index (χ3n) is 1.81. The van der Waals surface area contributed by atoms with E-state index >= 15 is 0 Å². The van der Waals surface area contributed by atoms with E-state index in [1.807, 2.05) is 18.2 Å². The molecule has 0 unspecified atom stereocenters. The van der Waals surface area contributed by atoms with Crippen LogP contribution in [0.4, 0.5) is 0 Å². The summed E-state index contributed by atoms with van der Waals surface area (Å²) < 4.78 is 0. The van der Waals surface area contributed by atoms with Crippen LogP contribution in [0, 0.1) is 0 Å². The van der Waals surface area contributed by atoms with Gasteiger partial charge in [-0.05, 0) is 37.0 Å². The Morgan fingerprint density at radius 1 is 1.25 bits per heavy atom. The van der Waals surface area contributed by atoms with Gasteiger partial charge in [-0.2, -0.15) is 0 Å². The molecule has 0 heterocycles. The Kier molecular flexibility index (Phi) is 3.39. The summed E-state index contributed by atoms with van der Waals surface area (Å²) in [5, 5.41) is 9.01. The van der Waals surface area contributed by atoms with E-state index in [1.165, 1.54) is 5.56 Å². The van der Waals surface area contributed by atoms with Crippen LogP contribution in [-0.4, -0.2) is 5.11 Å². The Morgan fingerprint density at radius 3 is 2.50 bits per heavy atom. The van der Waals surface area contributed by atoms with E-state index < -0.39 is 0 Å². The highest BCUT2D eigenvalue weighted by atomic mass is 16.3. The molecule has 12 heavy (non-hydrogen) atoms. The quantitative estimate of drug-likeness (QED) is 0.533. The third-order valence-corrected chi connectivity index (χ3v) is 1.81. The Bertz CT molecular complexity index is 236. The summed E-state index contributed by atoms with van der Waals surface area (Å²) in [4.78, 5) is 0. The zero-order valence-corrected chi connectivity index (χ0v) is 7.16. The lowest BCUT2D eigenvalue weighted by atomic mass is 10.1. The van der Waals surface area contributed by atoms with Crippen LogP contribution in [-0.2, 0) is 6.42 Å². The fourth-order valence-corrected chi connectivity index (χ4v) is 1.11. The van der Waals surface area contributed by atoms with E-state index in [0.717, 1.165) is 19.3 Å². The molecule has 0 radical (unpaired) electrons. The second kappa shape index (κ2) is 4.60. The minimum absolute atomic E-state index is 0.336. The Balaban J connectivity index is 2.42. The molecule has 0 bridgehead atoms. The lowest BCUT2D eigenvalue weighted by molar-refractivity contribution is 0.475. The number of phenols is 1. The summed E-state index contributed by atoms with van der Waals surface area (Å²) in [5.74, 6) is 0.336. The van der Waals surface area contributed by atoms with Crippen LogP contribution in [0.5, 0.6) is 5.75 Å². The molecule has 0 spiro atoms. The maximum absolute atomic E-state index is 9.01. The average Bonchev–Trinajstić information content (AvgIpc) is 2.09. The largest absolute Gasteiger partial charge is 0.508 e. The number of allylic oxidation sites excluding steroid dienone is 1. The fourth-order valence-electron chi connectivity index (χ4n) is 1.11. The molecule has 1 aromatic carbocycles. The molecule has 0 aromatic heterocycles. The van der Waals surface area contributed by atoms with E-state index in [2.05, 4.69) is 6.58 Å². The molecule has 0 aliphatic carbocycles. The lowest BCUT2D eigenvalue weighted by Crippen LogP contribution is -1.82. The van der Waals surface area contributed by atoms with Crippen molar-refractivity contribution in [1.82, 2.24) is 0 Å². The van der Waals surface area contributed by atoms with Crippen molar-refractivity contribution in [2.45, 2.75) is 19.3 Å². The first-order valence-electron chi connectivity index (χ1n) is 4.22. The molecule has 1 rings (SSSR count). The molecule has 0 saturated heterocycles. The van der Waals surface area contributed by atoms with Gasteiger partial charge in [-0.3, -0.25) is 0 Å². The van der Waals surface area contributed by atoms with Gasteiger partial charge in [-0.15, -0.1) is 6.58 Å². The molecule has 1 aromatic rings. The molecule has 0 atom stereocenters. The van der Waals surface area contributed by atoms with E-state index in [0.29, 0.717) is 5.75 Å². The van der Waals surface area contributed by atoms with Crippen LogP contribution < -0.4 is 0 Å². The van der Waals surface area contributed by atoms with Crippen molar-refractivity contribution in [3.8, 4) is 5.75 Å². The second-order valence-electron chi connectivity index (χ2n) is 2.85. The molecule has 64 valence electrons. The topological polar surface area (TPSA) is 20.2 Å². The third kappa shape index (κ3) is 2.79. The predicted molar refractivity (Wildman–Crippen MR) is 51.2 cm³/mol. The monoisotopic (exact) mass is 162 g/mol. The summed E-state index contributed by atoms with van der Waals surface area (Å²) in [5.41, 5.74) is 1.27. The van der Waals surface area contributed by atoms with Crippen molar-refractivity contribution in [3.63, 3.8) is 0 Å². The summed E-state index contributed by atoms with van der Waals surface area (Å²) >= 11 is 0. The summed E-state index contributed by atoms with van der Waals surface area (Å²) in [6.45, 7) is 3.67. The zero-order valence-electron chi connectivity index (χ0n) is 7.16. The molecule has 0 aliphatic heterocycles. The van der Waals surface area contributed by atoms with Crippen LogP contribution in [0.25, 0.3) is 0 Å². The molecule has 1 nitrogen and oxygen atoms in total. The predicted octanol–water partition coefficient (Wildman–Crippen LogP) is 2.90. The summed E-state index contributed by atoms with van der Waals surface area (Å²) in [6, 6.07) is 7.36. The highest BCUT2D eigenvalue weighted by Crippen LogP contribution is 2.11. The molecule has 1 heteroatoms. The van der Waals surface area contributed by atoms with E-state index in [1.54, 1.807) is 12.1 Å². The van der Waals surface area contributed by atoms with Gasteiger partial charge in [-0.1, -0.05) is 18.2 Å². The first-order valence-corrected chi connectivity index (χ1v) is 4.22. The van der Waals surface area contributed by atoms with Crippen molar-refractivity contribution < 1.29 is 5.11 Å². The maximum Gasteiger partial charge on any atom is 0.115 e. The average molecular weight is 162 g/mol. The second-order valence-corrected chi connectivity index (χ2v) is 2.85. The molecule has 0 saturated carbocycles.